The summed E-state index contributed by atoms with van der Waals surface area (Å²) in [5.74, 6) is 1.71. The summed E-state index contributed by atoms with van der Waals surface area (Å²) in [7, 11) is 0. The van der Waals surface area contributed by atoms with E-state index < -0.39 is 0 Å². The van der Waals surface area contributed by atoms with Gasteiger partial charge in [0.05, 0.1) is 0 Å². The average Bonchev–Trinajstić information content (AvgIpc) is 2.75. The highest BCUT2D eigenvalue weighted by molar-refractivity contribution is 4.84. The van der Waals surface area contributed by atoms with Crippen molar-refractivity contribution in [2.45, 2.75) is 57.4 Å². The third kappa shape index (κ3) is 3.18. The first-order valence-corrected chi connectivity index (χ1v) is 6.83. The molecule has 0 aromatic heterocycles. The monoisotopic (exact) mass is 210 g/mol. The quantitative estimate of drug-likeness (QED) is 0.747. The van der Waals surface area contributed by atoms with Crippen molar-refractivity contribution in [3.8, 4) is 0 Å². The lowest BCUT2D eigenvalue weighted by atomic mass is 9.89. The van der Waals surface area contributed by atoms with E-state index in [0.29, 0.717) is 0 Å². The Bertz CT molecular complexity index is 175. The molecule has 0 saturated heterocycles. The lowest BCUT2D eigenvalue weighted by Crippen LogP contribution is -2.39. The van der Waals surface area contributed by atoms with Crippen LogP contribution in [0.2, 0.25) is 0 Å². The van der Waals surface area contributed by atoms with E-state index in [9.17, 15) is 0 Å². The van der Waals surface area contributed by atoms with Crippen LogP contribution >= 0.6 is 0 Å². The van der Waals surface area contributed by atoms with Gasteiger partial charge in [0, 0.05) is 6.04 Å². The van der Waals surface area contributed by atoms with Crippen LogP contribution in [0.1, 0.15) is 51.4 Å². The van der Waals surface area contributed by atoms with Crippen LogP contribution in [0, 0.1) is 11.8 Å². The van der Waals surface area contributed by atoms with Gasteiger partial charge in [0.25, 0.3) is 0 Å². The summed E-state index contributed by atoms with van der Waals surface area (Å²) in [6.07, 6.45) is 11.4. The Morgan fingerprint density at radius 3 is 2.47 bits per heavy atom. The van der Waals surface area contributed by atoms with E-state index in [1.165, 1.54) is 57.9 Å². The fourth-order valence-corrected chi connectivity index (χ4v) is 3.30. The molecule has 2 unspecified atom stereocenters. The maximum Gasteiger partial charge on any atom is 0.0107 e. The summed E-state index contributed by atoms with van der Waals surface area (Å²) in [4.78, 5) is 0. The molecule has 2 rings (SSSR count). The fraction of sp³-hybridized carbons (Fsp3) is 1.00. The zero-order valence-corrected chi connectivity index (χ0v) is 9.88. The first-order chi connectivity index (χ1) is 7.40. The Hall–Kier alpha value is -0.0800. The lowest BCUT2D eigenvalue weighted by molar-refractivity contribution is 0.308. The summed E-state index contributed by atoms with van der Waals surface area (Å²) in [6.45, 7) is 2.13. The van der Waals surface area contributed by atoms with Gasteiger partial charge in [0.1, 0.15) is 0 Å². The van der Waals surface area contributed by atoms with Crippen molar-refractivity contribution in [3.05, 3.63) is 0 Å². The number of hydrogen-bond acceptors (Lipinski definition) is 2. The highest BCUT2D eigenvalue weighted by Gasteiger charge is 2.26. The van der Waals surface area contributed by atoms with Crippen LogP contribution in [-0.2, 0) is 0 Å². The molecule has 0 radical (unpaired) electrons. The van der Waals surface area contributed by atoms with Crippen LogP contribution in [0.5, 0.6) is 0 Å². The minimum atomic E-state index is 0.733. The van der Waals surface area contributed by atoms with Crippen molar-refractivity contribution in [2.75, 3.05) is 13.1 Å². The van der Waals surface area contributed by atoms with Gasteiger partial charge in [0.2, 0.25) is 0 Å². The van der Waals surface area contributed by atoms with E-state index in [2.05, 4.69) is 5.32 Å². The van der Waals surface area contributed by atoms with E-state index in [-0.39, 0.29) is 0 Å². The van der Waals surface area contributed by atoms with Crippen molar-refractivity contribution < 1.29 is 0 Å². The van der Waals surface area contributed by atoms with E-state index in [1.807, 2.05) is 0 Å². The maximum absolute atomic E-state index is 5.79. The number of rotatable bonds is 4. The van der Waals surface area contributed by atoms with E-state index in [1.54, 1.807) is 0 Å². The van der Waals surface area contributed by atoms with Crippen molar-refractivity contribution in [3.63, 3.8) is 0 Å². The molecule has 0 amide bonds. The Kier molecular flexibility index (Phi) is 4.45. The number of hydrogen-bond donors (Lipinski definition) is 2. The molecule has 3 N–H and O–H groups in total. The zero-order chi connectivity index (χ0) is 10.5. The molecule has 0 aromatic rings. The molecule has 2 aliphatic carbocycles. The average molecular weight is 210 g/mol. The van der Waals surface area contributed by atoms with Crippen molar-refractivity contribution in [1.82, 2.24) is 5.32 Å². The van der Waals surface area contributed by atoms with Gasteiger partial charge in [0.15, 0.2) is 0 Å². The number of nitrogens with two attached hydrogens (primary N) is 1. The normalized spacial score (nSPS) is 33.4. The van der Waals surface area contributed by atoms with Gasteiger partial charge in [-0.05, 0) is 50.6 Å². The SMILES string of the molecule is NCC1CCCC1NCC1CCCCC1. The molecule has 2 atom stereocenters. The molecular formula is C13H26N2. The largest absolute Gasteiger partial charge is 0.330 e. The molecule has 2 heteroatoms. The Morgan fingerprint density at radius 2 is 1.73 bits per heavy atom. The first kappa shape index (κ1) is 11.4. The Morgan fingerprint density at radius 1 is 0.933 bits per heavy atom. The summed E-state index contributed by atoms with van der Waals surface area (Å²) >= 11 is 0. The molecular weight excluding hydrogens is 184 g/mol. The van der Waals surface area contributed by atoms with Crippen LogP contribution < -0.4 is 11.1 Å². The Balaban J connectivity index is 1.67. The van der Waals surface area contributed by atoms with E-state index in [0.717, 1.165) is 24.4 Å². The van der Waals surface area contributed by atoms with Gasteiger partial charge in [-0.1, -0.05) is 25.7 Å². The topological polar surface area (TPSA) is 38.0 Å². The molecule has 2 fully saturated rings. The third-order valence-corrected chi connectivity index (χ3v) is 4.36. The first-order valence-electron chi connectivity index (χ1n) is 6.83. The van der Waals surface area contributed by atoms with Gasteiger partial charge in [-0.15, -0.1) is 0 Å². The molecule has 15 heavy (non-hydrogen) atoms. The van der Waals surface area contributed by atoms with E-state index >= 15 is 0 Å². The standard InChI is InChI=1S/C13H26N2/c14-9-12-7-4-8-13(12)15-10-11-5-2-1-3-6-11/h11-13,15H,1-10,14H2. The van der Waals surface area contributed by atoms with Crippen LogP contribution in [-0.4, -0.2) is 19.1 Å². The lowest BCUT2D eigenvalue weighted by Gasteiger charge is -2.26. The molecule has 0 heterocycles. The molecule has 2 nitrogen and oxygen atoms in total. The van der Waals surface area contributed by atoms with Crippen molar-refractivity contribution in [1.29, 1.82) is 0 Å². The van der Waals surface area contributed by atoms with Gasteiger partial charge in [-0.3, -0.25) is 0 Å². The molecule has 0 bridgehead atoms. The molecule has 2 saturated carbocycles. The summed E-state index contributed by atoms with van der Waals surface area (Å²) in [5.41, 5.74) is 5.79. The fourth-order valence-electron chi connectivity index (χ4n) is 3.30. The molecule has 2 aliphatic rings. The number of nitrogens with one attached hydrogen (secondary N) is 1. The minimum absolute atomic E-state index is 0.733. The van der Waals surface area contributed by atoms with Gasteiger partial charge >= 0.3 is 0 Å². The minimum Gasteiger partial charge on any atom is -0.330 e. The molecule has 0 spiro atoms. The van der Waals surface area contributed by atoms with Crippen LogP contribution in [0.15, 0.2) is 0 Å². The van der Waals surface area contributed by atoms with Crippen LogP contribution in [0.3, 0.4) is 0 Å². The van der Waals surface area contributed by atoms with Crippen molar-refractivity contribution >= 4 is 0 Å². The molecule has 88 valence electrons. The van der Waals surface area contributed by atoms with Gasteiger partial charge in [-0.25, -0.2) is 0 Å². The maximum atomic E-state index is 5.79. The summed E-state index contributed by atoms with van der Waals surface area (Å²) in [5, 5.41) is 3.77. The van der Waals surface area contributed by atoms with Gasteiger partial charge in [-0.2, -0.15) is 0 Å². The third-order valence-electron chi connectivity index (χ3n) is 4.36. The summed E-state index contributed by atoms with van der Waals surface area (Å²) < 4.78 is 0. The van der Waals surface area contributed by atoms with Crippen LogP contribution in [0.4, 0.5) is 0 Å². The predicted octanol–water partition coefficient (Wildman–Crippen LogP) is 2.28. The summed E-state index contributed by atoms with van der Waals surface area (Å²) in [6, 6.07) is 0.733. The molecule has 0 aliphatic heterocycles. The zero-order valence-electron chi connectivity index (χ0n) is 9.88. The van der Waals surface area contributed by atoms with E-state index in [4.69, 9.17) is 5.73 Å². The van der Waals surface area contributed by atoms with Gasteiger partial charge < -0.3 is 11.1 Å². The second-order valence-electron chi connectivity index (χ2n) is 5.45. The smallest absolute Gasteiger partial charge is 0.0107 e. The Labute approximate surface area is 94.0 Å². The highest BCUT2D eigenvalue weighted by atomic mass is 14.9. The second kappa shape index (κ2) is 5.86. The van der Waals surface area contributed by atoms with Crippen molar-refractivity contribution in [2.24, 2.45) is 17.6 Å². The predicted molar refractivity (Wildman–Crippen MR) is 64.8 cm³/mol. The molecule has 0 aromatic carbocycles. The highest BCUT2D eigenvalue weighted by Crippen LogP contribution is 2.27. The second-order valence-corrected chi connectivity index (χ2v) is 5.45. The van der Waals surface area contributed by atoms with Crippen LogP contribution in [0.25, 0.3) is 0 Å².